The lowest BCUT2D eigenvalue weighted by atomic mass is 9.91. The number of anilines is 3. The molecule has 0 saturated carbocycles. The molecule has 0 spiro atoms. The molecule has 3 N–H and O–H groups in total. The number of fused-ring (bicyclic) bond motifs is 5. The molecule has 1 aromatic carbocycles. The third-order valence-corrected chi connectivity index (χ3v) is 5.42. The number of nitrogens with zero attached hydrogens (tertiary/aromatic N) is 3. The predicted octanol–water partition coefficient (Wildman–Crippen LogP) is 4.59. The number of carbonyl (C=O) groups is 1. The Balaban J connectivity index is 1.57. The number of hydrogen-bond acceptors (Lipinski definition) is 5. The predicted molar refractivity (Wildman–Crippen MR) is 107 cm³/mol. The average Bonchev–Trinajstić information content (AvgIpc) is 3.23. The largest absolute Gasteiger partial charge is 0.421 e. The van der Waals surface area contributed by atoms with Crippen LogP contribution in [0.1, 0.15) is 55.5 Å². The quantitative estimate of drug-likeness (QED) is 0.674. The number of carbonyl (C=O) groups excluding carboxylic acids is 1. The van der Waals surface area contributed by atoms with E-state index in [9.17, 15) is 18.0 Å². The van der Waals surface area contributed by atoms with Gasteiger partial charge < -0.3 is 20.9 Å². The summed E-state index contributed by atoms with van der Waals surface area (Å²) in [6.45, 7) is 3.85. The van der Waals surface area contributed by atoms with Gasteiger partial charge in [0.05, 0.1) is 12.1 Å². The Labute approximate surface area is 172 Å². The zero-order chi connectivity index (χ0) is 21.6. The van der Waals surface area contributed by atoms with E-state index in [1.807, 2.05) is 36.9 Å². The molecule has 2 aliphatic heterocycles. The number of rotatable bonds is 4. The maximum Gasteiger partial charge on any atom is 0.421 e. The van der Waals surface area contributed by atoms with E-state index in [4.69, 9.17) is 0 Å². The van der Waals surface area contributed by atoms with Crippen molar-refractivity contribution in [2.75, 3.05) is 17.7 Å². The van der Waals surface area contributed by atoms with Gasteiger partial charge in [-0.05, 0) is 49.9 Å². The van der Waals surface area contributed by atoms with Gasteiger partial charge in [-0.15, -0.1) is 0 Å². The van der Waals surface area contributed by atoms with Crippen LogP contribution in [0, 0.1) is 0 Å². The zero-order valence-electron chi connectivity index (χ0n) is 16.8. The molecule has 2 bridgehead atoms. The summed E-state index contributed by atoms with van der Waals surface area (Å²) in [5.41, 5.74) is 1.90. The summed E-state index contributed by atoms with van der Waals surface area (Å²) in [7, 11) is 1.38. The van der Waals surface area contributed by atoms with Crippen LogP contribution in [0.5, 0.6) is 0 Å². The summed E-state index contributed by atoms with van der Waals surface area (Å²) in [4.78, 5) is 22.3. The highest BCUT2D eigenvalue weighted by Gasteiger charge is 2.46. The van der Waals surface area contributed by atoms with E-state index in [2.05, 4.69) is 25.9 Å². The van der Waals surface area contributed by atoms with Crippen molar-refractivity contribution in [1.82, 2.24) is 20.2 Å². The fourth-order valence-corrected chi connectivity index (χ4v) is 4.24. The van der Waals surface area contributed by atoms with E-state index in [1.54, 1.807) is 0 Å². The highest BCUT2D eigenvalue weighted by atomic mass is 19.4. The van der Waals surface area contributed by atoms with Crippen LogP contribution < -0.4 is 16.0 Å². The number of benzene rings is 1. The first-order valence-corrected chi connectivity index (χ1v) is 9.80. The molecule has 4 rings (SSSR count). The Hall–Kier alpha value is -3.04. The lowest BCUT2D eigenvalue weighted by Crippen LogP contribution is -2.41. The second kappa shape index (κ2) is 7.33. The van der Waals surface area contributed by atoms with Crippen molar-refractivity contribution in [1.29, 1.82) is 0 Å². The van der Waals surface area contributed by atoms with Crippen molar-refractivity contribution in [3.8, 4) is 0 Å². The van der Waals surface area contributed by atoms with Gasteiger partial charge in [0, 0.05) is 25.0 Å². The summed E-state index contributed by atoms with van der Waals surface area (Å²) in [6, 6.07) is 5.74. The Morgan fingerprint density at radius 2 is 1.90 bits per heavy atom. The van der Waals surface area contributed by atoms with Gasteiger partial charge >= 0.3 is 12.2 Å². The molecule has 2 aliphatic rings. The first-order chi connectivity index (χ1) is 14.2. The molecule has 3 heterocycles. The van der Waals surface area contributed by atoms with Gasteiger partial charge in [-0.25, -0.2) is 9.78 Å². The molecule has 1 aromatic heterocycles. The van der Waals surface area contributed by atoms with E-state index in [-0.39, 0.29) is 35.9 Å². The molecule has 2 atom stereocenters. The zero-order valence-corrected chi connectivity index (χ0v) is 16.8. The minimum Gasteiger partial charge on any atom is -0.372 e. The molecule has 0 aliphatic carbocycles. The minimum absolute atomic E-state index is 0.00751. The third kappa shape index (κ3) is 3.50. The highest BCUT2D eigenvalue weighted by Crippen LogP contribution is 2.53. The Bertz CT molecular complexity index is 977. The van der Waals surface area contributed by atoms with Crippen molar-refractivity contribution in [2.45, 2.75) is 51.0 Å². The number of amides is 2. The van der Waals surface area contributed by atoms with Crippen LogP contribution in [-0.4, -0.2) is 34.0 Å². The van der Waals surface area contributed by atoms with E-state index < -0.39 is 11.7 Å². The van der Waals surface area contributed by atoms with Gasteiger partial charge in [-0.1, -0.05) is 6.07 Å². The maximum absolute atomic E-state index is 13.0. The topological polar surface area (TPSA) is 82.2 Å². The molecular formula is C20H23F3N6O. The molecule has 30 heavy (non-hydrogen) atoms. The minimum atomic E-state index is -4.54. The van der Waals surface area contributed by atoms with Gasteiger partial charge in [-0.2, -0.15) is 18.2 Å². The Morgan fingerprint density at radius 3 is 2.53 bits per heavy atom. The van der Waals surface area contributed by atoms with E-state index in [0.29, 0.717) is 5.69 Å². The van der Waals surface area contributed by atoms with Gasteiger partial charge in [0.25, 0.3) is 0 Å². The number of urea groups is 1. The van der Waals surface area contributed by atoms with Crippen molar-refractivity contribution in [3.63, 3.8) is 0 Å². The fourth-order valence-electron chi connectivity index (χ4n) is 4.24. The van der Waals surface area contributed by atoms with E-state index >= 15 is 0 Å². The molecule has 0 radical (unpaired) electrons. The smallest absolute Gasteiger partial charge is 0.372 e. The highest BCUT2D eigenvalue weighted by molar-refractivity contribution is 5.78. The number of aromatic nitrogens is 2. The lowest BCUT2D eigenvalue weighted by Gasteiger charge is -2.24. The Kier molecular flexibility index (Phi) is 4.95. The summed E-state index contributed by atoms with van der Waals surface area (Å²) in [5, 5.41) is 8.40. The van der Waals surface area contributed by atoms with E-state index in [1.165, 1.54) is 7.05 Å². The number of halogens is 3. The molecule has 2 amide bonds. The third-order valence-electron chi connectivity index (χ3n) is 5.42. The second-order valence-electron chi connectivity index (χ2n) is 7.79. The molecule has 2 aromatic rings. The van der Waals surface area contributed by atoms with Crippen LogP contribution >= 0.6 is 0 Å². The molecule has 7 nitrogen and oxygen atoms in total. The normalized spacial score (nSPS) is 19.8. The summed E-state index contributed by atoms with van der Waals surface area (Å²) in [6.07, 6.45) is -1.98. The molecular weight excluding hydrogens is 397 g/mol. The SMILES string of the molecule is CNc1nc(Nc2ccc3c(c2)[C@H]2CC[C@@H]3N2C(=O)NC(C)C)ncc1C(F)(F)F. The Morgan fingerprint density at radius 1 is 1.20 bits per heavy atom. The van der Waals surface area contributed by atoms with Gasteiger partial charge in [0.15, 0.2) is 0 Å². The molecule has 1 fully saturated rings. The van der Waals surface area contributed by atoms with Crippen LogP contribution in [0.25, 0.3) is 0 Å². The van der Waals surface area contributed by atoms with Crippen molar-refractivity contribution < 1.29 is 18.0 Å². The van der Waals surface area contributed by atoms with Crippen LogP contribution in [0.15, 0.2) is 24.4 Å². The van der Waals surface area contributed by atoms with Crippen LogP contribution in [-0.2, 0) is 6.18 Å². The van der Waals surface area contributed by atoms with Crippen LogP contribution in [0.2, 0.25) is 0 Å². The number of alkyl halides is 3. The van der Waals surface area contributed by atoms with Gasteiger partial charge in [0.1, 0.15) is 11.4 Å². The molecule has 0 unspecified atom stereocenters. The van der Waals surface area contributed by atoms with Crippen molar-refractivity contribution >= 4 is 23.5 Å². The first-order valence-electron chi connectivity index (χ1n) is 9.80. The standard InChI is InChI=1S/C20H23F3N6O/c1-10(2)26-19(30)29-15-6-7-16(29)13-8-11(4-5-12(13)15)27-18-25-9-14(20(21,22)23)17(24-3)28-18/h4-5,8-10,15-16H,6-7H2,1-3H3,(H,26,30)(H2,24,25,27,28)/t15-,16+/m0/s1. The second-order valence-corrected chi connectivity index (χ2v) is 7.79. The van der Waals surface area contributed by atoms with Crippen molar-refractivity contribution in [3.05, 3.63) is 41.1 Å². The lowest BCUT2D eigenvalue weighted by molar-refractivity contribution is -0.137. The molecule has 1 saturated heterocycles. The number of hydrogen-bond donors (Lipinski definition) is 3. The summed E-state index contributed by atoms with van der Waals surface area (Å²) in [5.74, 6) is -0.235. The number of nitrogens with one attached hydrogen (secondary N) is 3. The van der Waals surface area contributed by atoms with Crippen LogP contribution in [0.4, 0.5) is 35.4 Å². The van der Waals surface area contributed by atoms with E-state index in [0.717, 1.165) is 30.2 Å². The average molecular weight is 420 g/mol. The van der Waals surface area contributed by atoms with Crippen LogP contribution in [0.3, 0.4) is 0 Å². The first kappa shape index (κ1) is 20.2. The molecule has 10 heteroatoms. The fraction of sp³-hybridized carbons (Fsp3) is 0.450. The van der Waals surface area contributed by atoms with Crippen molar-refractivity contribution in [2.24, 2.45) is 0 Å². The summed E-state index contributed by atoms with van der Waals surface area (Å²) >= 11 is 0. The van der Waals surface area contributed by atoms with Gasteiger partial charge in [0.2, 0.25) is 5.95 Å². The summed E-state index contributed by atoms with van der Waals surface area (Å²) < 4.78 is 39.1. The van der Waals surface area contributed by atoms with Gasteiger partial charge in [-0.3, -0.25) is 0 Å². The monoisotopic (exact) mass is 420 g/mol. The maximum atomic E-state index is 13.0. The molecule has 160 valence electrons.